The second-order valence-electron chi connectivity index (χ2n) is 12.0. The van der Waals surface area contributed by atoms with Crippen LogP contribution in [0.3, 0.4) is 0 Å². The first-order valence-electron chi connectivity index (χ1n) is 17.8. The van der Waals surface area contributed by atoms with Crippen LogP contribution >= 0.6 is 0 Å². The molecule has 0 aliphatic carbocycles. The van der Waals surface area contributed by atoms with Gasteiger partial charge in [0.1, 0.15) is 0 Å². The van der Waals surface area contributed by atoms with E-state index < -0.39 is 0 Å². The van der Waals surface area contributed by atoms with E-state index in [2.05, 4.69) is 19.3 Å². The van der Waals surface area contributed by atoms with Gasteiger partial charge in [0.15, 0.2) is 0 Å². The molecule has 0 aliphatic heterocycles. The van der Waals surface area contributed by atoms with E-state index in [-0.39, 0.29) is 0 Å². The molecular weight excluding hydrogens is 450 g/mol. The monoisotopic (exact) mass is 524 g/mol. The van der Waals surface area contributed by atoms with E-state index in [0.29, 0.717) is 0 Å². The Hall–Kier alpha value is -0.0800. The van der Waals surface area contributed by atoms with Crippen LogP contribution in [0.5, 0.6) is 0 Å². The first-order valence-corrected chi connectivity index (χ1v) is 17.8. The molecule has 0 atom stereocenters. The highest BCUT2D eigenvalue weighted by molar-refractivity contribution is 4.51. The molecule has 37 heavy (non-hydrogen) atoms. The molecule has 0 spiro atoms. The Morgan fingerprint density at radius 2 is 0.541 bits per heavy atom. The largest absolute Gasteiger partial charge is 0.302 e. The van der Waals surface area contributed by atoms with Crippen LogP contribution in [-0.4, -0.2) is 13.2 Å². The van der Waals surface area contributed by atoms with Crippen LogP contribution in [0.2, 0.25) is 0 Å². The topological polar surface area (TPSA) is 21.3 Å². The average Bonchev–Trinajstić information content (AvgIpc) is 2.91. The number of unbranched alkanes of at least 4 members (excludes halogenated alkanes) is 29. The third kappa shape index (κ3) is 35.9. The predicted molar refractivity (Wildman–Crippen MR) is 168 cm³/mol. The molecule has 2 heteroatoms. The van der Waals surface area contributed by atoms with Gasteiger partial charge >= 0.3 is 0 Å². The molecule has 0 rings (SSSR count). The van der Waals surface area contributed by atoms with Crippen LogP contribution in [0.1, 0.15) is 213 Å². The number of nitrogens with one attached hydrogen (secondary N) is 1. The first kappa shape index (κ1) is 36.9. The van der Waals surface area contributed by atoms with Crippen LogP contribution < -0.4 is 5.48 Å². The highest BCUT2D eigenvalue weighted by atomic mass is 16.6. The van der Waals surface area contributed by atoms with E-state index in [9.17, 15) is 0 Å². The van der Waals surface area contributed by atoms with Gasteiger partial charge in [-0.1, -0.05) is 200 Å². The molecular formula is C35H73NO. The van der Waals surface area contributed by atoms with Gasteiger partial charge in [0.05, 0.1) is 6.61 Å². The third-order valence-electron chi connectivity index (χ3n) is 8.08. The molecule has 0 unspecified atom stereocenters. The molecule has 0 heterocycles. The molecule has 0 aromatic carbocycles. The molecule has 2 nitrogen and oxygen atoms in total. The summed E-state index contributed by atoms with van der Waals surface area (Å²) < 4.78 is 0. The van der Waals surface area contributed by atoms with Crippen molar-refractivity contribution in [2.24, 2.45) is 0 Å². The molecule has 0 aliphatic rings. The minimum Gasteiger partial charge on any atom is -0.302 e. The zero-order valence-electron chi connectivity index (χ0n) is 26.2. The lowest BCUT2D eigenvalue weighted by Crippen LogP contribution is -2.16. The highest BCUT2D eigenvalue weighted by Crippen LogP contribution is 2.15. The van der Waals surface area contributed by atoms with Gasteiger partial charge in [0, 0.05) is 6.54 Å². The van der Waals surface area contributed by atoms with E-state index in [1.807, 2.05) is 0 Å². The summed E-state index contributed by atoms with van der Waals surface area (Å²) in [7, 11) is 0. The standard InChI is InChI=1S/C35H73NO/c1-3-5-7-9-11-13-15-17-19-20-22-24-26-28-30-32-34-36-37-35-33-31-29-27-25-23-21-18-16-14-12-10-8-6-4-2/h36H,3-35H2,1-2H3. The van der Waals surface area contributed by atoms with Gasteiger partial charge in [-0.25, -0.2) is 5.48 Å². The average molecular weight is 524 g/mol. The van der Waals surface area contributed by atoms with Crippen molar-refractivity contribution in [1.82, 2.24) is 5.48 Å². The Bertz CT molecular complexity index is 338. The fraction of sp³-hybridized carbons (Fsp3) is 1.00. The van der Waals surface area contributed by atoms with Gasteiger partial charge < -0.3 is 4.84 Å². The van der Waals surface area contributed by atoms with Crippen molar-refractivity contribution in [3.05, 3.63) is 0 Å². The smallest absolute Gasteiger partial charge is 0.0682 e. The summed E-state index contributed by atoms with van der Waals surface area (Å²) >= 11 is 0. The molecule has 0 saturated heterocycles. The van der Waals surface area contributed by atoms with Crippen LogP contribution in [0, 0.1) is 0 Å². The maximum atomic E-state index is 5.62. The van der Waals surface area contributed by atoms with Crippen molar-refractivity contribution in [3.63, 3.8) is 0 Å². The van der Waals surface area contributed by atoms with Crippen molar-refractivity contribution < 1.29 is 4.84 Å². The van der Waals surface area contributed by atoms with Gasteiger partial charge in [0.2, 0.25) is 0 Å². The van der Waals surface area contributed by atoms with E-state index in [0.717, 1.165) is 13.2 Å². The summed E-state index contributed by atoms with van der Waals surface area (Å²) in [6.45, 7) is 6.51. The van der Waals surface area contributed by atoms with Crippen molar-refractivity contribution in [1.29, 1.82) is 0 Å². The van der Waals surface area contributed by atoms with E-state index in [1.165, 1.54) is 199 Å². The van der Waals surface area contributed by atoms with Gasteiger partial charge in [-0.15, -0.1) is 0 Å². The summed E-state index contributed by atoms with van der Waals surface area (Å²) in [6, 6.07) is 0. The van der Waals surface area contributed by atoms with E-state index in [4.69, 9.17) is 4.84 Å². The molecule has 0 aromatic heterocycles. The van der Waals surface area contributed by atoms with Gasteiger partial charge in [-0.05, 0) is 12.8 Å². The lowest BCUT2D eigenvalue weighted by molar-refractivity contribution is 0.0376. The Labute approximate surface area is 236 Å². The summed E-state index contributed by atoms with van der Waals surface area (Å²) in [5.41, 5.74) is 3.18. The fourth-order valence-electron chi connectivity index (χ4n) is 5.44. The number of hydrogen-bond donors (Lipinski definition) is 1. The van der Waals surface area contributed by atoms with Crippen molar-refractivity contribution >= 4 is 0 Å². The summed E-state index contributed by atoms with van der Waals surface area (Å²) in [5, 5.41) is 0. The Kier molecular flexibility index (Phi) is 35.8. The molecule has 0 fully saturated rings. The summed E-state index contributed by atoms with van der Waals surface area (Å²) in [4.78, 5) is 5.62. The number of hydroxylamine groups is 1. The molecule has 1 N–H and O–H groups in total. The van der Waals surface area contributed by atoms with Crippen LogP contribution in [-0.2, 0) is 4.84 Å². The molecule has 0 radical (unpaired) electrons. The lowest BCUT2D eigenvalue weighted by atomic mass is 10.0. The first-order chi connectivity index (χ1) is 18.4. The second-order valence-corrected chi connectivity index (χ2v) is 12.0. The van der Waals surface area contributed by atoms with Crippen LogP contribution in [0.25, 0.3) is 0 Å². The minimum atomic E-state index is 0.886. The van der Waals surface area contributed by atoms with E-state index >= 15 is 0 Å². The molecule has 0 bridgehead atoms. The van der Waals surface area contributed by atoms with Crippen molar-refractivity contribution in [2.45, 2.75) is 213 Å². The van der Waals surface area contributed by atoms with Crippen molar-refractivity contribution in [2.75, 3.05) is 13.2 Å². The van der Waals surface area contributed by atoms with Gasteiger partial charge in [-0.3, -0.25) is 0 Å². The number of rotatable bonds is 34. The predicted octanol–water partition coefficient (Wildman–Crippen LogP) is 12.6. The summed E-state index contributed by atoms with van der Waals surface area (Å²) in [5.74, 6) is 0. The Balaban J connectivity index is 3.00. The normalized spacial score (nSPS) is 11.5. The summed E-state index contributed by atoms with van der Waals surface area (Å²) in [6.07, 6.45) is 44.2. The maximum Gasteiger partial charge on any atom is 0.0682 e. The van der Waals surface area contributed by atoms with Crippen LogP contribution in [0.15, 0.2) is 0 Å². The zero-order chi connectivity index (χ0) is 26.7. The lowest BCUT2D eigenvalue weighted by Gasteiger charge is -2.06. The molecule has 0 amide bonds. The molecule has 0 aromatic rings. The molecule has 0 saturated carbocycles. The quantitative estimate of drug-likeness (QED) is 0.0668. The van der Waals surface area contributed by atoms with Crippen LogP contribution in [0.4, 0.5) is 0 Å². The van der Waals surface area contributed by atoms with Gasteiger partial charge in [-0.2, -0.15) is 0 Å². The minimum absolute atomic E-state index is 0.886. The highest BCUT2D eigenvalue weighted by Gasteiger charge is 1.97. The zero-order valence-corrected chi connectivity index (χ0v) is 26.2. The van der Waals surface area contributed by atoms with E-state index in [1.54, 1.807) is 0 Å². The third-order valence-corrected chi connectivity index (χ3v) is 8.08. The molecule has 224 valence electrons. The Morgan fingerprint density at radius 3 is 0.838 bits per heavy atom. The van der Waals surface area contributed by atoms with Gasteiger partial charge in [0.25, 0.3) is 0 Å². The second kappa shape index (κ2) is 35.9. The SMILES string of the molecule is CCCCCCCCCCCCCCCCCCNOCCCCCCCCCCCCCCCCC. The Morgan fingerprint density at radius 1 is 0.297 bits per heavy atom. The fourth-order valence-corrected chi connectivity index (χ4v) is 5.44. The maximum absolute atomic E-state index is 5.62. The number of hydrogen-bond acceptors (Lipinski definition) is 2. The van der Waals surface area contributed by atoms with Crippen molar-refractivity contribution in [3.8, 4) is 0 Å².